The maximum absolute atomic E-state index is 4.78. The standard InChI is InChI=1S/C23H19BrN2/c1-3-5-9-17(4-2)23-25-21(18-10-7-6-8-11-18)16-22(26-23)19-12-14-20(24)15-13-19/h3-16H,2H2,1H3/b5-3-,17-9+. The lowest BCUT2D eigenvalue weighted by Gasteiger charge is -2.09. The van der Waals surface area contributed by atoms with Crippen molar-refractivity contribution in [3.63, 3.8) is 0 Å². The predicted octanol–water partition coefficient (Wildman–Crippen LogP) is 6.72. The number of aromatic nitrogens is 2. The SMILES string of the molecule is C=C/C(=C\C=C/C)c1nc(-c2ccccc2)cc(-c2ccc(Br)cc2)n1. The second-order valence-corrected chi connectivity index (χ2v) is 6.60. The third-order valence-electron chi connectivity index (χ3n) is 3.88. The summed E-state index contributed by atoms with van der Waals surface area (Å²) >= 11 is 3.48. The summed E-state index contributed by atoms with van der Waals surface area (Å²) < 4.78 is 1.04. The van der Waals surface area contributed by atoms with E-state index >= 15 is 0 Å². The topological polar surface area (TPSA) is 25.8 Å². The maximum atomic E-state index is 4.78. The van der Waals surface area contributed by atoms with Gasteiger partial charge >= 0.3 is 0 Å². The van der Waals surface area contributed by atoms with E-state index in [9.17, 15) is 0 Å². The molecule has 0 spiro atoms. The monoisotopic (exact) mass is 402 g/mol. The van der Waals surface area contributed by atoms with Gasteiger partial charge in [-0.15, -0.1) is 0 Å². The molecule has 0 aliphatic rings. The van der Waals surface area contributed by atoms with Gasteiger partial charge in [-0.05, 0) is 25.1 Å². The van der Waals surface area contributed by atoms with Crippen molar-refractivity contribution < 1.29 is 0 Å². The summed E-state index contributed by atoms with van der Waals surface area (Å²) in [7, 11) is 0. The molecule has 26 heavy (non-hydrogen) atoms. The van der Waals surface area contributed by atoms with Gasteiger partial charge in [0.05, 0.1) is 11.4 Å². The highest BCUT2D eigenvalue weighted by molar-refractivity contribution is 9.10. The third kappa shape index (κ3) is 4.24. The number of nitrogens with zero attached hydrogens (tertiary/aromatic N) is 2. The fourth-order valence-electron chi connectivity index (χ4n) is 2.54. The van der Waals surface area contributed by atoms with Gasteiger partial charge in [-0.3, -0.25) is 0 Å². The first kappa shape index (κ1) is 18.0. The fraction of sp³-hybridized carbons (Fsp3) is 0.0435. The van der Waals surface area contributed by atoms with E-state index in [0.717, 1.165) is 32.6 Å². The summed E-state index contributed by atoms with van der Waals surface area (Å²) in [6.45, 7) is 5.90. The van der Waals surface area contributed by atoms with Crippen LogP contribution in [0.25, 0.3) is 28.1 Å². The Balaban J connectivity index is 2.19. The summed E-state index contributed by atoms with van der Waals surface area (Å²) in [5.41, 5.74) is 4.77. The molecule has 1 heterocycles. The van der Waals surface area contributed by atoms with Crippen LogP contribution < -0.4 is 0 Å². The molecule has 2 aromatic carbocycles. The molecule has 2 nitrogen and oxygen atoms in total. The smallest absolute Gasteiger partial charge is 0.160 e. The Bertz CT molecular complexity index is 955. The highest BCUT2D eigenvalue weighted by atomic mass is 79.9. The molecule has 1 aromatic heterocycles. The van der Waals surface area contributed by atoms with Gasteiger partial charge in [-0.1, -0.05) is 89.3 Å². The zero-order valence-corrected chi connectivity index (χ0v) is 16.1. The summed E-state index contributed by atoms with van der Waals surface area (Å²) in [5.74, 6) is 0.664. The first-order valence-electron chi connectivity index (χ1n) is 8.37. The van der Waals surface area contributed by atoms with Crippen molar-refractivity contribution in [1.82, 2.24) is 9.97 Å². The van der Waals surface area contributed by atoms with Crippen molar-refractivity contribution in [2.45, 2.75) is 6.92 Å². The van der Waals surface area contributed by atoms with Crippen molar-refractivity contribution in [3.8, 4) is 22.5 Å². The second kappa shape index (κ2) is 8.54. The van der Waals surface area contributed by atoms with E-state index in [1.807, 2.05) is 73.7 Å². The summed E-state index contributed by atoms with van der Waals surface area (Å²) in [6.07, 6.45) is 7.70. The van der Waals surface area contributed by atoms with Crippen molar-refractivity contribution in [2.75, 3.05) is 0 Å². The van der Waals surface area contributed by atoms with Gasteiger partial charge in [0, 0.05) is 21.2 Å². The van der Waals surface area contributed by atoms with Crippen molar-refractivity contribution >= 4 is 21.5 Å². The number of benzene rings is 2. The average Bonchev–Trinajstić information content (AvgIpc) is 2.69. The molecule has 0 amide bonds. The molecule has 0 fully saturated rings. The number of halogens is 1. The molecule has 0 unspecified atom stereocenters. The van der Waals surface area contributed by atoms with Crippen LogP contribution in [-0.4, -0.2) is 9.97 Å². The number of rotatable bonds is 5. The van der Waals surface area contributed by atoms with Crippen LogP contribution in [0.5, 0.6) is 0 Å². The number of hydrogen-bond donors (Lipinski definition) is 0. The minimum absolute atomic E-state index is 0.664. The van der Waals surface area contributed by atoms with Crippen LogP contribution >= 0.6 is 15.9 Å². The molecule has 0 aliphatic heterocycles. The predicted molar refractivity (Wildman–Crippen MR) is 114 cm³/mol. The van der Waals surface area contributed by atoms with Gasteiger partial charge in [0.2, 0.25) is 0 Å². The van der Waals surface area contributed by atoms with E-state index in [1.54, 1.807) is 6.08 Å². The first-order valence-corrected chi connectivity index (χ1v) is 9.17. The highest BCUT2D eigenvalue weighted by Gasteiger charge is 2.10. The van der Waals surface area contributed by atoms with Crippen LogP contribution in [-0.2, 0) is 0 Å². The molecule has 3 heteroatoms. The van der Waals surface area contributed by atoms with E-state index in [-0.39, 0.29) is 0 Å². The molecule has 0 saturated heterocycles. The Morgan fingerprint density at radius 1 is 0.923 bits per heavy atom. The summed E-state index contributed by atoms with van der Waals surface area (Å²) in [4.78, 5) is 9.56. The van der Waals surface area contributed by atoms with E-state index in [1.165, 1.54) is 0 Å². The van der Waals surface area contributed by atoms with Crippen molar-refractivity contribution in [2.24, 2.45) is 0 Å². The Labute approximate surface area is 162 Å². The van der Waals surface area contributed by atoms with Gasteiger partial charge in [0.25, 0.3) is 0 Å². The Morgan fingerprint density at radius 3 is 2.12 bits per heavy atom. The molecule has 0 aliphatic carbocycles. The first-order chi connectivity index (χ1) is 12.7. The summed E-state index contributed by atoms with van der Waals surface area (Å²) in [6, 6.07) is 20.3. The van der Waals surface area contributed by atoms with Crippen LogP contribution in [0.2, 0.25) is 0 Å². The molecule has 128 valence electrons. The van der Waals surface area contributed by atoms with Gasteiger partial charge in [0.15, 0.2) is 5.82 Å². The summed E-state index contributed by atoms with van der Waals surface area (Å²) in [5, 5.41) is 0. The van der Waals surface area contributed by atoms with Crippen LogP contribution in [0.15, 0.2) is 96.0 Å². The van der Waals surface area contributed by atoms with Gasteiger partial charge < -0.3 is 0 Å². The Morgan fingerprint density at radius 2 is 1.54 bits per heavy atom. The molecule has 3 rings (SSSR count). The molecule has 0 radical (unpaired) electrons. The van der Waals surface area contributed by atoms with Crippen LogP contribution in [0.4, 0.5) is 0 Å². The van der Waals surface area contributed by atoms with Crippen LogP contribution in [0.3, 0.4) is 0 Å². The molecular weight excluding hydrogens is 384 g/mol. The quantitative estimate of drug-likeness (QED) is 0.442. The molecule has 0 saturated carbocycles. The maximum Gasteiger partial charge on any atom is 0.160 e. The van der Waals surface area contributed by atoms with E-state index in [4.69, 9.17) is 9.97 Å². The van der Waals surface area contributed by atoms with Crippen molar-refractivity contribution in [1.29, 1.82) is 0 Å². The second-order valence-electron chi connectivity index (χ2n) is 5.69. The molecule has 0 N–H and O–H groups in total. The molecule has 0 bridgehead atoms. The Kier molecular flexibility index (Phi) is 5.92. The lowest BCUT2D eigenvalue weighted by molar-refractivity contribution is 1.13. The minimum Gasteiger partial charge on any atom is -0.228 e. The molecule has 0 atom stereocenters. The number of hydrogen-bond acceptors (Lipinski definition) is 2. The van der Waals surface area contributed by atoms with Crippen LogP contribution in [0, 0.1) is 0 Å². The highest BCUT2D eigenvalue weighted by Crippen LogP contribution is 2.27. The van der Waals surface area contributed by atoms with Gasteiger partial charge in [-0.25, -0.2) is 9.97 Å². The van der Waals surface area contributed by atoms with Crippen molar-refractivity contribution in [3.05, 3.63) is 102 Å². The van der Waals surface area contributed by atoms with E-state index < -0.39 is 0 Å². The zero-order valence-electron chi connectivity index (χ0n) is 14.6. The van der Waals surface area contributed by atoms with E-state index in [2.05, 4.69) is 34.6 Å². The normalized spacial score (nSPS) is 11.7. The average molecular weight is 403 g/mol. The largest absolute Gasteiger partial charge is 0.228 e. The fourth-order valence-corrected chi connectivity index (χ4v) is 2.80. The van der Waals surface area contributed by atoms with Gasteiger partial charge in [0.1, 0.15) is 0 Å². The Hall–Kier alpha value is -2.78. The zero-order chi connectivity index (χ0) is 18.4. The molecular formula is C23H19BrN2. The number of allylic oxidation sites excluding steroid dienone is 5. The third-order valence-corrected chi connectivity index (χ3v) is 4.41. The lowest BCUT2D eigenvalue weighted by Crippen LogP contribution is -1.98. The van der Waals surface area contributed by atoms with Gasteiger partial charge in [-0.2, -0.15) is 0 Å². The molecule has 3 aromatic rings. The van der Waals surface area contributed by atoms with E-state index in [0.29, 0.717) is 5.82 Å². The van der Waals surface area contributed by atoms with Crippen LogP contribution in [0.1, 0.15) is 12.7 Å². The lowest BCUT2D eigenvalue weighted by atomic mass is 10.1. The minimum atomic E-state index is 0.664.